The molecule has 0 saturated carbocycles. The van der Waals surface area contributed by atoms with Crippen molar-refractivity contribution < 1.29 is 78.0 Å². The van der Waals surface area contributed by atoms with Crippen LogP contribution in [-0.2, 0) is 57.5 Å². The van der Waals surface area contributed by atoms with E-state index in [0.29, 0.717) is 0 Å². The van der Waals surface area contributed by atoms with Gasteiger partial charge >= 0.3 is 17.9 Å². The highest BCUT2D eigenvalue weighted by Gasteiger charge is 2.37. The molecule has 0 aromatic rings. The van der Waals surface area contributed by atoms with Gasteiger partial charge in [-0.05, 0) is 68.1 Å². The topological polar surface area (TPSA) is 434 Å². The Morgan fingerprint density at radius 1 is 0.403 bits per heavy atom. The minimum Gasteiger partial charge on any atom is -0.481 e. The number of nitrogens with one attached hydrogen (secondary N) is 8. The van der Waals surface area contributed by atoms with Gasteiger partial charge in [-0.25, -0.2) is 4.79 Å². The highest BCUT2D eigenvalue weighted by molar-refractivity contribution is 5.98. The Balaban J connectivity index is 6.53. The van der Waals surface area contributed by atoms with Crippen molar-refractivity contribution in [1.29, 1.82) is 0 Å². The van der Waals surface area contributed by atoms with Crippen LogP contribution in [0.5, 0.6) is 0 Å². The van der Waals surface area contributed by atoms with Crippen LogP contribution in [-0.4, -0.2) is 152 Å². The largest absolute Gasteiger partial charge is 0.481 e. The third kappa shape index (κ3) is 26.1. The van der Waals surface area contributed by atoms with Crippen LogP contribution in [0.4, 0.5) is 0 Å². The second kappa shape index (κ2) is 32.5. The molecule has 0 spiro atoms. The minimum atomic E-state index is -1.76. The molecule has 26 nitrogen and oxygen atoms in total. The Kier molecular flexibility index (Phi) is 29.6. The van der Waals surface area contributed by atoms with Crippen LogP contribution in [0.2, 0.25) is 0 Å². The molecule has 9 atom stereocenters. The van der Waals surface area contributed by atoms with Gasteiger partial charge in [0.1, 0.15) is 48.3 Å². The first kappa shape index (κ1) is 65.6. The third-order valence-electron chi connectivity index (χ3n) is 10.7. The number of carbonyl (C=O) groups excluding carboxylic acids is 9. The number of hydrogen-bond donors (Lipinski definition) is 14. The van der Waals surface area contributed by atoms with Crippen LogP contribution in [0.25, 0.3) is 0 Å². The number of carboxylic acid groups (broad SMARTS) is 3. The first-order valence-corrected chi connectivity index (χ1v) is 24.0. The maximum atomic E-state index is 14.0. The van der Waals surface area contributed by atoms with Crippen LogP contribution < -0.4 is 54.0 Å². The van der Waals surface area contributed by atoms with Crippen LogP contribution in [0.15, 0.2) is 0 Å². The second-order valence-electron chi connectivity index (χ2n) is 19.8. The van der Waals surface area contributed by atoms with Crippen LogP contribution in [0, 0.1) is 29.6 Å². The zero-order valence-corrected chi connectivity index (χ0v) is 43.0. The van der Waals surface area contributed by atoms with Crippen molar-refractivity contribution in [3.63, 3.8) is 0 Å². The predicted molar refractivity (Wildman–Crippen MR) is 258 cm³/mol. The predicted octanol–water partition coefficient (Wildman–Crippen LogP) is -2.29. The average molecular weight is 1030 g/mol. The summed E-state index contributed by atoms with van der Waals surface area (Å²) >= 11 is 0. The van der Waals surface area contributed by atoms with Gasteiger partial charge in [0, 0.05) is 12.8 Å². The second-order valence-corrected chi connectivity index (χ2v) is 19.8. The van der Waals surface area contributed by atoms with E-state index in [0.717, 1.165) is 0 Å². The fourth-order valence-electron chi connectivity index (χ4n) is 7.04. The molecule has 0 rings (SSSR count). The Hall–Kier alpha value is -6.44. The molecule has 0 radical (unpaired) electrons. The number of aliphatic carboxylic acids is 3. The highest BCUT2D eigenvalue weighted by Crippen LogP contribution is 2.13. The lowest BCUT2D eigenvalue weighted by molar-refractivity contribution is -0.144. The van der Waals surface area contributed by atoms with Gasteiger partial charge < -0.3 is 74.4 Å². The first-order valence-electron chi connectivity index (χ1n) is 24.0. The molecule has 0 fully saturated rings. The van der Waals surface area contributed by atoms with Gasteiger partial charge in [0.2, 0.25) is 53.2 Å². The van der Waals surface area contributed by atoms with Crippen molar-refractivity contribution >= 4 is 71.1 Å². The van der Waals surface area contributed by atoms with Gasteiger partial charge in [0.05, 0.1) is 19.1 Å². The summed E-state index contributed by atoms with van der Waals surface area (Å²) < 4.78 is 0. The van der Waals surface area contributed by atoms with E-state index in [9.17, 15) is 72.9 Å². The zero-order valence-electron chi connectivity index (χ0n) is 43.0. The van der Waals surface area contributed by atoms with Gasteiger partial charge in [-0.2, -0.15) is 0 Å². The Labute approximate surface area is 419 Å². The minimum absolute atomic E-state index is 0.000482. The number of carboxylic acids is 3. The van der Waals surface area contributed by atoms with Gasteiger partial charge in [0.15, 0.2) is 0 Å². The quantitative estimate of drug-likeness (QED) is 0.0318. The number of amides is 9. The highest BCUT2D eigenvalue weighted by atomic mass is 16.4. The lowest BCUT2D eigenvalue weighted by Gasteiger charge is -2.29. The number of primary amides is 1. The van der Waals surface area contributed by atoms with Crippen molar-refractivity contribution in [3.05, 3.63) is 0 Å². The molecule has 410 valence electrons. The lowest BCUT2D eigenvalue weighted by Crippen LogP contribution is -2.61. The monoisotopic (exact) mass is 1030 g/mol. The van der Waals surface area contributed by atoms with Crippen LogP contribution in [0.3, 0.4) is 0 Å². The summed E-state index contributed by atoms with van der Waals surface area (Å²) in [4.78, 5) is 155. The molecular weight excluding hydrogens is 949 g/mol. The van der Waals surface area contributed by atoms with E-state index >= 15 is 0 Å². The van der Waals surface area contributed by atoms with Gasteiger partial charge in [0.25, 0.3) is 0 Å². The van der Waals surface area contributed by atoms with E-state index in [4.69, 9.17) is 16.6 Å². The zero-order chi connectivity index (χ0) is 55.7. The van der Waals surface area contributed by atoms with Crippen LogP contribution >= 0.6 is 0 Å². The number of hydrogen-bond acceptors (Lipinski definition) is 14. The molecule has 0 bridgehead atoms. The maximum absolute atomic E-state index is 14.0. The summed E-state index contributed by atoms with van der Waals surface area (Å²) in [5.74, 6) is -14.3. The molecule has 0 aromatic carbocycles. The van der Waals surface area contributed by atoms with E-state index in [1.165, 1.54) is 0 Å². The van der Waals surface area contributed by atoms with Gasteiger partial charge in [-0.15, -0.1) is 0 Å². The van der Waals surface area contributed by atoms with E-state index in [-0.39, 0.29) is 55.8 Å². The molecule has 0 aromatic heterocycles. The summed E-state index contributed by atoms with van der Waals surface area (Å²) in [5.41, 5.74) is 11.2. The summed E-state index contributed by atoms with van der Waals surface area (Å²) in [6.45, 7) is 15.8. The molecule has 0 heterocycles. The van der Waals surface area contributed by atoms with Crippen molar-refractivity contribution in [2.24, 2.45) is 41.1 Å². The number of rotatable bonds is 35. The Morgan fingerprint density at radius 3 is 1.14 bits per heavy atom. The smallest absolute Gasteiger partial charge is 0.326 e. The number of aliphatic hydroxyl groups excluding tert-OH is 1. The lowest BCUT2D eigenvalue weighted by atomic mass is 9.98. The molecule has 0 saturated heterocycles. The van der Waals surface area contributed by atoms with Gasteiger partial charge in [-0.3, -0.25) is 52.7 Å². The first-order chi connectivity index (χ1) is 33.3. The number of carbonyl (C=O) groups is 12. The number of nitrogens with two attached hydrogens (primary N) is 2. The van der Waals surface area contributed by atoms with E-state index < -0.39 is 164 Å². The molecule has 0 unspecified atom stereocenters. The standard InChI is InChI=1S/C46H80N10O16/c1-21(2)15-28(50-38(63)26(47)11-14-35(59)60)42(67)55-33(20-57)44(69)51-29(16-22(3)4)40(65)49-27(12-13-34(48)58)39(64)56-37(25(9)10)45(70)53-30(17-23(5)6)41(66)52-31(19-36(61)62)43(68)54-32(46(71)72)18-24(7)8/h21-33,37,57H,11-20,47H2,1-10H3,(H2,48,58)(H,49,65)(H,50,63)(H,51,69)(H,52,66)(H,53,70)(H,54,68)(H,55,67)(H,56,64)(H,59,60)(H,61,62)(H,71,72)/t26-,27-,28-,29-,30-,31-,32-,33-,37-/m0/s1. The van der Waals surface area contributed by atoms with E-state index in [1.54, 1.807) is 69.2 Å². The third-order valence-corrected chi connectivity index (χ3v) is 10.7. The fourth-order valence-corrected chi connectivity index (χ4v) is 7.04. The van der Waals surface area contributed by atoms with Crippen molar-refractivity contribution in [1.82, 2.24) is 42.5 Å². The van der Waals surface area contributed by atoms with Crippen molar-refractivity contribution in [3.8, 4) is 0 Å². The molecule has 26 heteroatoms. The van der Waals surface area contributed by atoms with Crippen molar-refractivity contribution in [2.75, 3.05) is 6.61 Å². The van der Waals surface area contributed by atoms with E-state index in [2.05, 4.69) is 42.5 Å². The fraction of sp³-hybridized carbons (Fsp3) is 0.739. The summed E-state index contributed by atoms with van der Waals surface area (Å²) in [6, 6.07) is -13.2. The SMILES string of the molecule is CC(C)C[C@H](NC(=O)[C@H](CC(=O)O)NC(=O)[C@H](CC(C)C)NC(=O)[C@@H](NC(=O)[C@H](CCC(N)=O)NC(=O)[C@H](CC(C)C)NC(=O)[C@H](CO)NC(=O)[C@H](CC(C)C)NC(=O)[C@@H](N)CCC(=O)O)C(C)C)C(=O)O. The average Bonchev–Trinajstić information content (AvgIpc) is 3.25. The summed E-state index contributed by atoms with van der Waals surface area (Å²) in [6.07, 6.45) is -2.47. The number of aliphatic hydroxyl groups is 1. The molecular formula is C46H80N10O16. The molecule has 0 aliphatic carbocycles. The Bertz CT molecular complexity index is 1890. The molecule has 9 amide bonds. The molecule has 0 aliphatic heterocycles. The molecule has 16 N–H and O–H groups in total. The van der Waals surface area contributed by atoms with Gasteiger partial charge in [-0.1, -0.05) is 69.2 Å². The molecule has 72 heavy (non-hydrogen) atoms. The summed E-state index contributed by atoms with van der Waals surface area (Å²) in [5, 5.41) is 57.6. The summed E-state index contributed by atoms with van der Waals surface area (Å²) in [7, 11) is 0. The Morgan fingerprint density at radius 2 is 0.750 bits per heavy atom. The van der Waals surface area contributed by atoms with Crippen molar-refractivity contribution in [2.45, 2.75) is 181 Å². The van der Waals surface area contributed by atoms with Crippen LogP contribution in [0.1, 0.15) is 127 Å². The maximum Gasteiger partial charge on any atom is 0.326 e. The molecule has 0 aliphatic rings. The normalized spacial score (nSPS) is 15.1. The van der Waals surface area contributed by atoms with E-state index in [1.807, 2.05) is 0 Å².